The molecule has 0 spiro atoms. The first-order chi connectivity index (χ1) is 9.27. The minimum Gasteiger partial charge on any atom is -0.480 e. The number of carboxylic acid groups (broad SMARTS) is 1. The molecule has 112 valence electrons. The summed E-state index contributed by atoms with van der Waals surface area (Å²) in [6, 6.07) is -1.72. The van der Waals surface area contributed by atoms with E-state index in [0.717, 1.165) is 9.80 Å². The van der Waals surface area contributed by atoms with Crippen molar-refractivity contribution in [3.8, 4) is 0 Å². The first-order valence-electron chi connectivity index (χ1n) is 6.40. The van der Waals surface area contributed by atoms with Crippen LogP contribution in [0.25, 0.3) is 0 Å². The quantitative estimate of drug-likeness (QED) is 0.686. The van der Waals surface area contributed by atoms with Crippen molar-refractivity contribution in [2.75, 3.05) is 13.1 Å². The van der Waals surface area contributed by atoms with Crippen LogP contribution in [0.1, 0.15) is 27.2 Å². The van der Waals surface area contributed by atoms with Crippen LogP contribution < -0.4 is 5.32 Å². The Bertz CT molecular complexity index is 437. The molecular formula is C12H19N3O5. The summed E-state index contributed by atoms with van der Waals surface area (Å²) in [7, 11) is 0. The highest BCUT2D eigenvalue weighted by Crippen LogP contribution is 2.13. The molecule has 2 unspecified atom stereocenters. The number of aliphatic carboxylic acids is 1. The summed E-state index contributed by atoms with van der Waals surface area (Å²) in [5.74, 6) is -2.27. The summed E-state index contributed by atoms with van der Waals surface area (Å²) in [5, 5.41) is 11.0. The van der Waals surface area contributed by atoms with Crippen LogP contribution in [0, 0.1) is 0 Å². The summed E-state index contributed by atoms with van der Waals surface area (Å²) < 4.78 is 0. The second-order valence-electron chi connectivity index (χ2n) is 4.78. The number of piperazine rings is 1. The second-order valence-corrected chi connectivity index (χ2v) is 4.78. The summed E-state index contributed by atoms with van der Waals surface area (Å²) in [6.07, 6.45) is 0.571. The molecule has 1 rings (SSSR count). The van der Waals surface area contributed by atoms with E-state index in [2.05, 4.69) is 5.32 Å². The van der Waals surface area contributed by atoms with Crippen molar-refractivity contribution >= 4 is 23.8 Å². The highest BCUT2D eigenvalue weighted by Gasteiger charge is 2.37. The van der Waals surface area contributed by atoms with Crippen molar-refractivity contribution in [1.82, 2.24) is 15.1 Å². The van der Waals surface area contributed by atoms with Crippen molar-refractivity contribution in [2.45, 2.75) is 39.3 Å². The number of hydrogen-bond donors (Lipinski definition) is 2. The van der Waals surface area contributed by atoms with Gasteiger partial charge in [-0.2, -0.15) is 0 Å². The fraction of sp³-hybridized carbons (Fsp3) is 0.667. The minimum atomic E-state index is -1.14. The SMILES string of the molecule is CCC(C)N(CC(=O)O)C(=O)N1CC(=O)NC(=O)C1C. The molecule has 1 saturated heterocycles. The number of carbonyl (C=O) groups is 4. The van der Waals surface area contributed by atoms with Crippen molar-refractivity contribution in [3.05, 3.63) is 0 Å². The first-order valence-corrected chi connectivity index (χ1v) is 6.40. The van der Waals surface area contributed by atoms with Gasteiger partial charge in [0, 0.05) is 6.04 Å². The van der Waals surface area contributed by atoms with Gasteiger partial charge in [-0.05, 0) is 20.3 Å². The molecule has 1 aliphatic heterocycles. The molecule has 2 atom stereocenters. The molecule has 1 fully saturated rings. The number of imide groups is 1. The molecule has 8 nitrogen and oxygen atoms in total. The molecule has 0 aromatic rings. The van der Waals surface area contributed by atoms with Gasteiger partial charge in [0.1, 0.15) is 19.1 Å². The Hall–Kier alpha value is -2.12. The lowest BCUT2D eigenvalue weighted by Gasteiger charge is -2.37. The molecule has 0 saturated carbocycles. The van der Waals surface area contributed by atoms with E-state index in [9.17, 15) is 19.2 Å². The summed E-state index contributed by atoms with van der Waals surface area (Å²) in [4.78, 5) is 48.4. The van der Waals surface area contributed by atoms with Gasteiger partial charge in [0.05, 0.1) is 0 Å². The van der Waals surface area contributed by atoms with E-state index in [-0.39, 0.29) is 12.6 Å². The van der Waals surface area contributed by atoms with Crippen LogP contribution in [0.3, 0.4) is 0 Å². The van der Waals surface area contributed by atoms with Gasteiger partial charge in [0.25, 0.3) is 0 Å². The zero-order valence-corrected chi connectivity index (χ0v) is 11.8. The normalized spacial score (nSPS) is 20.4. The van der Waals surface area contributed by atoms with Gasteiger partial charge < -0.3 is 14.9 Å². The molecule has 0 radical (unpaired) electrons. The van der Waals surface area contributed by atoms with Crippen LogP contribution in [0.15, 0.2) is 0 Å². The van der Waals surface area contributed by atoms with E-state index >= 15 is 0 Å². The Morgan fingerprint density at radius 2 is 2.10 bits per heavy atom. The Balaban J connectivity index is 2.95. The molecule has 1 aliphatic rings. The maximum absolute atomic E-state index is 12.4. The second kappa shape index (κ2) is 6.36. The highest BCUT2D eigenvalue weighted by molar-refractivity contribution is 6.04. The van der Waals surface area contributed by atoms with Gasteiger partial charge in [-0.25, -0.2) is 4.79 Å². The number of nitrogens with one attached hydrogen (secondary N) is 1. The molecule has 8 heteroatoms. The van der Waals surface area contributed by atoms with Gasteiger partial charge >= 0.3 is 12.0 Å². The summed E-state index contributed by atoms with van der Waals surface area (Å²) in [5.41, 5.74) is 0. The fourth-order valence-electron chi connectivity index (χ4n) is 1.89. The van der Waals surface area contributed by atoms with Gasteiger partial charge in [-0.1, -0.05) is 6.92 Å². The van der Waals surface area contributed by atoms with E-state index in [0.29, 0.717) is 6.42 Å². The van der Waals surface area contributed by atoms with Crippen molar-refractivity contribution < 1.29 is 24.3 Å². The molecular weight excluding hydrogens is 266 g/mol. The molecule has 4 amide bonds. The predicted octanol–water partition coefficient (Wildman–Crippen LogP) is -0.362. The number of hydrogen-bond acceptors (Lipinski definition) is 4. The van der Waals surface area contributed by atoms with E-state index in [1.54, 1.807) is 6.92 Å². The van der Waals surface area contributed by atoms with Crippen molar-refractivity contribution in [3.63, 3.8) is 0 Å². The molecule has 0 aliphatic carbocycles. The number of carboxylic acids is 1. The average Bonchev–Trinajstić information content (AvgIpc) is 2.38. The number of nitrogens with zero attached hydrogens (tertiary/aromatic N) is 2. The van der Waals surface area contributed by atoms with Gasteiger partial charge in [0.2, 0.25) is 11.8 Å². The monoisotopic (exact) mass is 285 g/mol. The maximum atomic E-state index is 12.4. The fourth-order valence-corrected chi connectivity index (χ4v) is 1.89. The summed E-state index contributed by atoms with van der Waals surface area (Å²) in [6.45, 7) is 4.32. The van der Waals surface area contributed by atoms with E-state index in [4.69, 9.17) is 5.11 Å². The van der Waals surface area contributed by atoms with Crippen LogP contribution >= 0.6 is 0 Å². The lowest BCUT2D eigenvalue weighted by Crippen LogP contribution is -2.62. The number of carbonyl (C=O) groups excluding carboxylic acids is 3. The first kappa shape index (κ1) is 15.9. The molecule has 0 bridgehead atoms. The highest BCUT2D eigenvalue weighted by atomic mass is 16.4. The lowest BCUT2D eigenvalue weighted by atomic mass is 10.2. The van der Waals surface area contributed by atoms with E-state index in [1.165, 1.54) is 6.92 Å². The van der Waals surface area contributed by atoms with Crippen LogP contribution in [0.2, 0.25) is 0 Å². The Morgan fingerprint density at radius 1 is 1.50 bits per heavy atom. The third-order valence-electron chi connectivity index (χ3n) is 3.34. The number of urea groups is 1. The van der Waals surface area contributed by atoms with Crippen molar-refractivity contribution in [1.29, 1.82) is 0 Å². The largest absolute Gasteiger partial charge is 0.480 e. The van der Waals surface area contributed by atoms with Gasteiger partial charge in [-0.3, -0.25) is 19.7 Å². The third-order valence-corrected chi connectivity index (χ3v) is 3.34. The van der Waals surface area contributed by atoms with Crippen molar-refractivity contribution in [2.24, 2.45) is 0 Å². The third kappa shape index (κ3) is 3.46. The zero-order valence-electron chi connectivity index (χ0n) is 11.8. The molecule has 1 heterocycles. The zero-order chi connectivity index (χ0) is 15.4. The standard InChI is InChI=1S/C12H19N3O5/c1-4-7(2)14(6-10(17)18)12(20)15-5-9(16)13-11(19)8(15)3/h7-8H,4-6H2,1-3H3,(H,17,18)(H,13,16,19). The van der Waals surface area contributed by atoms with Gasteiger partial charge in [0.15, 0.2) is 0 Å². The van der Waals surface area contributed by atoms with Crippen LogP contribution in [-0.2, 0) is 14.4 Å². The molecule has 0 aromatic heterocycles. The van der Waals surface area contributed by atoms with Crippen LogP contribution in [-0.4, -0.2) is 63.9 Å². The Morgan fingerprint density at radius 3 is 2.60 bits per heavy atom. The summed E-state index contributed by atoms with van der Waals surface area (Å²) >= 11 is 0. The Kier molecular flexibility index (Phi) is 5.06. The maximum Gasteiger partial charge on any atom is 0.323 e. The predicted molar refractivity (Wildman–Crippen MR) is 68.8 cm³/mol. The van der Waals surface area contributed by atoms with E-state index in [1.807, 2.05) is 6.92 Å². The lowest BCUT2D eigenvalue weighted by molar-refractivity contribution is -0.138. The molecule has 0 aromatic carbocycles. The van der Waals surface area contributed by atoms with Crippen LogP contribution in [0.4, 0.5) is 4.79 Å². The number of amides is 4. The molecule has 20 heavy (non-hydrogen) atoms. The van der Waals surface area contributed by atoms with E-state index < -0.39 is 36.4 Å². The average molecular weight is 285 g/mol. The van der Waals surface area contributed by atoms with Crippen LogP contribution in [0.5, 0.6) is 0 Å². The van der Waals surface area contributed by atoms with Gasteiger partial charge in [-0.15, -0.1) is 0 Å². The smallest absolute Gasteiger partial charge is 0.323 e. The number of rotatable bonds is 4. The minimum absolute atomic E-state index is 0.252. The Labute approximate surface area is 116 Å². The topological polar surface area (TPSA) is 107 Å². The molecule has 2 N–H and O–H groups in total.